The zero-order valence-corrected chi connectivity index (χ0v) is 13.6. The maximum atomic E-state index is 12.3. The smallest absolute Gasteiger partial charge is 0.347 e. The van der Waals surface area contributed by atoms with Gasteiger partial charge in [-0.15, -0.1) is 0 Å². The molecule has 0 aliphatic carbocycles. The first-order chi connectivity index (χ1) is 12.0. The van der Waals surface area contributed by atoms with Crippen molar-refractivity contribution in [1.82, 2.24) is 14.9 Å². The summed E-state index contributed by atoms with van der Waals surface area (Å²) in [6.45, 7) is 3.61. The number of benzene rings is 1. The normalized spacial score (nSPS) is 11.3. The van der Waals surface area contributed by atoms with Crippen molar-refractivity contribution in [2.45, 2.75) is 20.4 Å². The molecule has 1 aromatic carbocycles. The Balaban J connectivity index is 1.77. The SMILES string of the molecule is Cc1ccc2oc(=O)c3cnn(CC(=O)Nc4cc(C)on4)c3c2c1. The Morgan fingerprint density at radius 3 is 2.84 bits per heavy atom. The van der Waals surface area contributed by atoms with Crippen molar-refractivity contribution in [2.24, 2.45) is 0 Å². The second-order valence-corrected chi connectivity index (χ2v) is 5.82. The van der Waals surface area contributed by atoms with Crippen LogP contribution in [0.3, 0.4) is 0 Å². The molecule has 126 valence electrons. The highest BCUT2D eigenvalue weighted by atomic mass is 16.5. The fourth-order valence-corrected chi connectivity index (χ4v) is 2.76. The summed E-state index contributed by atoms with van der Waals surface area (Å²) in [6, 6.07) is 7.11. The molecule has 0 aliphatic heterocycles. The number of aromatic nitrogens is 3. The zero-order valence-electron chi connectivity index (χ0n) is 13.6. The van der Waals surface area contributed by atoms with Gasteiger partial charge >= 0.3 is 5.63 Å². The van der Waals surface area contributed by atoms with E-state index in [1.165, 1.54) is 10.9 Å². The molecule has 8 nitrogen and oxygen atoms in total. The van der Waals surface area contributed by atoms with Gasteiger partial charge in [0.25, 0.3) is 0 Å². The van der Waals surface area contributed by atoms with Crippen LogP contribution in [0.15, 0.2) is 44.2 Å². The van der Waals surface area contributed by atoms with Crippen molar-refractivity contribution in [3.05, 3.63) is 52.2 Å². The molecular formula is C17H14N4O4. The van der Waals surface area contributed by atoms with Crippen LogP contribution in [0.2, 0.25) is 0 Å². The van der Waals surface area contributed by atoms with Gasteiger partial charge in [0.15, 0.2) is 5.82 Å². The highest BCUT2D eigenvalue weighted by Gasteiger charge is 2.16. The molecule has 1 N–H and O–H groups in total. The number of fused-ring (bicyclic) bond motifs is 3. The molecule has 4 rings (SSSR count). The van der Waals surface area contributed by atoms with Gasteiger partial charge in [0.2, 0.25) is 5.91 Å². The number of carbonyl (C=O) groups excluding carboxylic acids is 1. The Kier molecular flexibility index (Phi) is 3.38. The molecule has 1 amide bonds. The van der Waals surface area contributed by atoms with E-state index >= 15 is 0 Å². The minimum Gasteiger partial charge on any atom is -0.422 e. The topological polar surface area (TPSA) is 103 Å². The van der Waals surface area contributed by atoms with E-state index in [4.69, 9.17) is 8.94 Å². The molecule has 0 bridgehead atoms. The average molecular weight is 338 g/mol. The van der Waals surface area contributed by atoms with E-state index < -0.39 is 5.63 Å². The molecule has 0 unspecified atom stereocenters. The van der Waals surface area contributed by atoms with Gasteiger partial charge < -0.3 is 14.3 Å². The molecule has 25 heavy (non-hydrogen) atoms. The molecule has 0 radical (unpaired) electrons. The highest BCUT2D eigenvalue weighted by molar-refractivity contribution is 6.03. The summed E-state index contributed by atoms with van der Waals surface area (Å²) in [5, 5.41) is 11.6. The van der Waals surface area contributed by atoms with Gasteiger partial charge in [-0.2, -0.15) is 5.10 Å². The van der Waals surface area contributed by atoms with Crippen molar-refractivity contribution in [2.75, 3.05) is 5.32 Å². The number of nitrogens with one attached hydrogen (secondary N) is 1. The van der Waals surface area contributed by atoms with Gasteiger partial charge in [-0.05, 0) is 26.0 Å². The molecular weight excluding hydrogens is 324 g/mol. The molecule has 8 heteroatoms. The Morgan fingerprint density at radius 1 is 1.24 bits per heavy atom. The lowest BCUT2D eigenvalue weighted by Gasteiger charge is -2.06. The largest absolute Gasteiger partial charge is 0.422 e. The fourth-order valence-electron chi connectivity index (χ4n) is 2.76. The molecule has 3 heterocycles. The second-order valence-electron chi connectivity index (χ2n) is 5.82. The zero-order chi connectivity index (χ0) is 17.6. The summed E-state index contributed by atoms with van der Waals surface area (Å²) in [5.41, 5.74) is 1.56. The number of amides is 1. The van der Waals surface area contributed by atoms with Crippen molar-refractivity contribution in [1.29, 1.82) is 0 Å². The maximum absolute atomic E-state index is 12.3. The first-order valence-electron chi connectivity index (χ1n) is 7.63. The summed E-state index contributed by atoms with van der Waals surface area (Å²) in [5.74, 6) is 0.602. The summed E-state index contributed by atoms with van der Waals surface area (Å²) in [6.07, 6.45) is 1.41. The third-order valence-corrected chi connectivity index (χ3v) is 3.84. The van der Waals surface area contributed by atoms with Crippen LogP contribution in [0.25, 0.3) is 21.9 Å². The van der Waals surface area contributed by atoms with Gasteiger partial charge in [-0.25, -0.2) is 4.79 Å². The Hall–Kier alpha value is -3.42. The quantitative estimate of drug-likeness (QED) is 0.575. The highest BCUT2D eigenvalue weighted by Crippen LogP contribution is 2.23. The van der Waals surface area contributed by atoms with Crippen molar-refractivity contribution < 1.29 is 13.7 Å². The minimum absolute atomic E-state index is 0.0676. The van der Waals surface area contributed by atoms with Crippen LogP contribution in [0.4, 0.5) is 5.82 Å². The lowest BCUT2D eigenvalue weighted by molar-refractivity contribution is -0.116. The monoisotopic (exact) mass is 338 g/mol. The molecule has 3 aromatic heterocycles. The first-order valence-corrected chi connectivity index (χ1v) is 7.63. The predicted molar refractivity (Wildman–Crippen MR) is 90.4 cm³/mol. The molecule has 0 spiro atoms. The van der Waals surface area contributed by atoms with Gasteiger partial charge in [-0.3, -0.25) is 9.48 Å². The summed E-state index contributed by atoms with van der Waals surface area (Å²) >= 11 is 0. The number of aryl methyl sites for hydroxylation is 2. The van der Waals surface area contributed by atoms with Crippen molar-refractivity contribution in [3.63, 3.8) is 0 Å². The summed E-state index contributed by atoms with van der Waals surface area (Å²) < 4.78 is 11.7. The second kappa shape index (κ2) is 5.59. The van der Waals surface area contributed by atoms with Crippen molar-refractivity contribution >= 4 is 33.6 Å². The van der Waals surface area contributed by atoms with Crippen LogP contribution in [-0.4, -0.2) is 20.8 Å². The number of carbonyl (C=O) groups is 1. The van der Waals surface area contributed by atoms with E-state index in [0.717, 1.165) is 10.9 Å². The first kappa shape index (κ1) is 15.1. The van der Waals surface area contributed by atoms with E-state index in [1.807, 2.05) is 19.1 Å². The maximum Gasteiger partial charge on any atom is 0.347 e. The van der Waals surface area contributed by atoms with E-state index in [2.05, 4.69) is 15.6 Å². The van der Waals surface area contributed by atoms with Gasteiger partial charge in [0, 0.05) is 11.5 Å². The summed E-state index contributed by atoms with van der Waals surface area (Å²) in [7, 11) is 0. The number of anilines is 1. The van der Waals surface area contributed by atoms with E-state index in [9.17, 15) is 9.59 Å². The molecule has 0 saturated carbocycles. The van der Waals surface area contributed by atoms with E-state index in [-0.39, 0.29) is 12.5 Å². The lowest BCUT2D eigenvalue weighted by atomic mass is 10.1. The lowest BCUT2D eigenvalue weighted by Crippen LogP contribution is -2.19. The minimum atomic E-state index is -0.481. The third-order valence-electron chi connectivity index (χ3n) is 3.84. The van der Waals surface area contributed by atoms with Gasteiger partial charge in [0.05, 0.1) is 11.7 Å². The number of rotatable bonds is 3. The Labute approximate surface area is 141 Å². The van der Waals surface area contributed by atoms with Crippen LogP contribution >= 0.6 is 0 Å². The number of nitrogens with zero attached hydrogens (tertiary/aromatic N) is 3. The fraction of sp³-hybridized carbons (Fsp3) is 0.176. The van der Waals surface area contributed by atoms with E-state index in [0.29, 0.717) is 28.1 Å². The Bertz CT molecular complexity index is 1170. The van der Waals surface area contributed by atoms with Crippen molar-refractivity contribution in [3.8, 4) is 0 Å². The molecule has 0 fully saturated rings. The van der Waals surface area contributed by atoms with Crippen LogP contribution < -0.4 is 10.9 Å². The Morgan fingerprint density at radius 2 is 2.08 bits per heavy atom. The molecule has 4 aromatic rings. The predicted octanol–water partition coefficient (Wildman–Crippen LogP) is 2.39. The third kappa shape index (κ3) is 2.67. The number of hydrogen-bond acceptors (Lipinski definition) is 6. The summed E-state index contributed by atoms with van der Waals surface area (Å²) in [4.78, 5) is 24.4. The van der Waals surface area contributed by atoms with E-state index in [1.54, 1.807) is 19.1 Å². The molecule has 0 saturated heterocycles. The van der Waals surface area contributed by atoms with Crippen LogP contribution in [0.5, 0.6) is 0 Å². The standard InChI is InChI=1S/C17H14N4O4/c1-9-3-4-13-11(5-9)16-12(17(23)24-13)7-18-21(16)8-15(22)19-14-6-10(2)25-20-14/h3-7H,8H2,1-2H3,(H,19,20,22). The average Bonchev–Trinajstić information content (AvgIpc) is 3.15. The molecule has 0 atom stereocenters. The number of hydrogen-bond donors (Lipinski definition) is 1. The van der Waals surface area contributed by atoms with Crippen LogP contribution in [0, 0.1) is 13.8 Å². The van der Waals surface area contributed by atoms with Crippen LogP contribution in [-0.2, 0) is 11.3 Å². The van der Waals surface area contributed by atoms with Crippen LogP contribution in [0.1, 0.15) is 11.3 Å². The van der Waals surface area contributed by atoms with Gasteiger partial charge in [-0.1, -0.05) is 16.8 Å². The van der Waals surface area contributed by atoms with Gasteiger partial charge in [0.1, 0.15) is 23.3 Å². The molecule has 0 aliphatic rings.